The molecule has 0 radical (unpaired) electrons. The van der Waals surface area contributed by atoms with Crippen LogP contribution in [-0.2, 0) is 16.1 Å². The maximum Gasteiger partial charge on any atom is 0.427 e. The fraction of sp³-hybridized carbons (Fsp3) is 0.433. The third-order valence-electron chi connectivity index (χ3n) is 8.59. The van der Waals surface area contributed by atoms with E-state index >= 15 is 4.39 Å². The van der Waals surface area contributed by atoms with Crippen LogP contribution in [0.15, 0.2) is 42.7 Å². The van der Waals surface area contributed by atoms with Crippen LogP contribution in [0.5, 0.6) is 0 Å². The number of halogens is 2. The summed E-state index contributed by atoms with van der Waals surface area (Å²) in [4.78, 5) is 38.0. The summed E-state index contributed by atoms with van der Waals surface area (Å²) in [5.41, 5.74) is 5.62. The number of aromatic nitrogens is 5. The number of morpholine rings is 1. The lowest BCUT2D eigenvalue weighted by molar-refractivity contribution is 0.0917. The first-order valence-corrected chi connectivity index (χ1v) is 15.0. The van der Waals surface area contributed by atoms with E-state index in [0.29, 0.717) is 71.6 Å². The number of nitrogens with one attached hydrogen (secondary N) is 2. The first-order valence-electron chi connectivity index (χ1n) is 14.7. The van der Waals surface area contributed by atoms with Crippen molar-refractivity contribution in [2.24, 2.45) is 11.8 Å². The number of pyridine rings is 1. The first kappa shape index (κ1) is 27.9. The van der Waals surface area contributed by atoms with Gasteiger partial charge in [0.05, 0.1) is 24.3 Å². The van der Waals surface area contributed by atoms with Gasteiger partial charge >= 0.3 is 6.09 Å². The van der Waals surface area contributed by atoms with Gasteiger partial charge in [-0.15, -0.1) is 5.48 Å². The predicted octanol–water partition coefficient (Wildman–Crippen LogP) is 5.33. The standard InChI is InChI=1S/C30H32ClFN8O3/c1-17-6-8-18(9-7-17)15-40-25-24(19-12-20(31)14-33-13-19)34-27(28-37-30(41)43-38-28)35-26(25)36-29(40)39-10-11-42-16-23(39)21-4-2-3-5-22(21)32/h2-5,12-14,17-18,23,28,38H,6-11,15-16H2,1H3,(H,37,41)/t17?,18?,23-,28?/m0/s1. The van der Waals surface area contributed by atoms with E-state index in [0.717, 1.165) is 18.4 Å². The van der Waals surface area contributed by atoms with Gasteiger partial charge in [0.15, 0.2) is 17.6 Å². The lowest BCUT2D eigenvalue weighted by atomic mass is 9.83. The van der Waals surface area contributed by atoms with Gasteiger partial charge in [-0.3, -0.25) is 10.3 Å². The number of fused-ring (bicyclic) bond motifs is 1. The van der Waals surface area contributed by atoms with Crippen molar-refractivity contribution >= 4 is 34.8 Å². The summed E-state index contributed by atoms with van der Waals surface area (Å²) in [6.45, 7) is 4.33. The van der Waals surface area contributed by atoms with E-state index in [1.54, 1.807) is 30.6 Å². The monoisotopic (exact) mass is 606 g/mol. The van der Waals surface area contributed by atoms with Crippen molar-refractivity contribution in [3.8, 4) is 11.3 Å². The molecule has 3 fully saturated rings. The minimum absolute atomic E-state index is 0.281. The largest absolute Gasteiger partial charge is 0.427 e. The molecule has 2 N–H and O–H groups in total. The van der Waals surface area contributed by atoms with Crippen molar-refractivity contribution < 1.29 is 18.8 Å². The molecule has 1 amide bonds. The average Bonchev–Trinajstić information content (AvgIpc) is 3.61. The maximum absolute atomic E-state index is 15.2. The van der Waals surface area contributed by atoms with E-state index in [1.807, 2.05) is 6.07 Å². The second-order valence-corrected chi connectivity index (χ2v) is 12.0. The van der Waals surface area contributed by atoms with Crippen LogP contribution in [-0.4, -0.2) is 50.4 Å². The van der Waals surface area contributed by atoms with Gasteiger partial charge < -0.3 is 19.0 Å². The van der Waals surface area contributed by atoms with Gasteiger partial charge in [0.2, 0.25) is 5.95 Å². The van der Waals surface area contributed by atoms with Crippen LogP contribution in [0.3, 0.4) is 0 Å². The number of carbonyl (C=O) groups excluding carboxylic acids is 1. The Balaban J connectivity index is 1.43. The SMILES string of the molecule is CC1CCC(Cn2c(N3CCOC[C@H]3c3ccccc3F)nc3nc(C4NOC(=O)N4)nc(-c4cncc(Cl)c4)c32)CC1. The van der Waals surface area contributed by atoms with Crippen molar-refractivity contribution in [2.75, 3.05) is 24.7 Å². The van der Waals surface area contributed by atoms with Crippen LogP contribution >= 0.6 is 11.6 Å². The van der Waals surface area contributed by atoms with Crippen LogP contribution < -0.4 is 15.7 Å². The number of ether oxygens (including phenoxy) is 1. The van der Waals surface area contributed by atoms with E-state index in [-0.39, 0.29) is 17.7 Å². The highest BCUT2D eigenvalue weighted by Gasteiger charge is 2.34. The molecule has 5 heterocycles. The van der Waals surface area contributed by atoms with E-state index in [9.17, 15) is 4.79 Å². The van der Waals surface area contributed by atoms with Crippen LogP contribution in [0.2, 0.25) is 5.02 Å². The lowest BCUT2D eigenvalue weighted by Gasteiger charge is -2.37. The zero-order chi connectivity index (χ0) is 29.5. The summed E-state index contributed by atoms with van der Waals surface area (Å²) in [5.74, 6) is 1.80. The number of hydrogen-bond acceptors (Lipinski definition) is 9. The molecule has 13 heteroatoms. The summed E-state index contributed by atoms with van der Waals surface area (Å²) in [5, 5.41) is 3.13. The highest BCUT2D eigenvalue weighted by atomic mass is 35.5. The normalized spacial score (nSPS) is 24.3. The Morgan fingerprint density at radius 1 is 1.12 bits per heavy atom. The van der Waals surface area contributed by atoms with Crippen molar-refractivity contribution in [2.45, 2.75) is 51.4 Å². The molecule has 4 aromatic rings. The molecule has 0 spiro atoms. The smallest absolute Gasteiger partial charge is 0.377 e. The summed E-state index contributed by atoms with van der Waals surface area (Å²) < 4.78 is 23.2. The average molecular weight is 607 g/mol. The fourth-order valence-corrected chi connectivity index (χ4v) is 6.50. The van der Waals surface area contributed by atoms with Gasteiger partial charge in [0.25, 0.3) is 0 Å². The Morgan fingerprint density at radius 2 is 1.95 bits per heavy atom. The molecule has 11 nitrogen and oxygen atoms in total. The van der Waals surface area contributed by atoms with E-state index in [1.165, 1.54) is 18.9 Å². The Bertz CT molecular complexity index is 1660. The highest BCUT2D eigenvalue weighted by Crippen LogP contribution is 2.38. The summed E-state index contributed by atoms with van der Waals surface area (Å²) in [6.07, 6.45) is 6.40. The third kappa shape index (κ3) is 5.50. The zero-order valence-corrected chi connectivity index (χ0v) is 24.4. The van der Waals surface area contributed by atoms with Crippen LogP contribution in [0.4, 0.5) is 15.1 Å². The number of nitrogens with zero attached hydrogens (tertiary/aromatic N) is 6. The van der Waals surface area contributed by atoms with Crippen molar-refractivity contribution in [1.29, 1.82) is 0 Å². The Kier molecular flexibility index (Phi) is 7.58. The zero-order valence-electron chi connectivity index (χ0n) is 23.7. The number of hydroxylamine groups is 1. The second-order valence-electron chi connectivity index (χ2n) is 11.5. The molecule has 3 aliphatic rings. The Labute approximate surface area is 252 Å². The van der Waals surface area contributed by atoms with Crippen molar-refractivity contribution in [1.82, 2.24) is 35.3 Å². The Hall–Kier alpha value is -3.87. The number of amides is 1. The molecule has 1 unspecified atom stereocenters. The lowest BCUT2D eigenvalue weighted by Crippen LogP contribution is -2.41. The third-order valence-corrected chi connectivity index (χ3v) is 8.80. The van der Waals surface area contributed by atoms with Gasteiger partial charge in [0.1, 0.15) is 17.0 Å². The van der Waals surface area contributed by atoms with Gasteiger partial charge in [0, 0.05) is 36.6 Å². The summed E-state index contributed by atoms with van der Waals surface area (Å²) in [7, 11) is 0. The van der Waals surface area contributed by atoms with Gasteiger partial charge in [-0.1, -0.05) is 49.6 Å². The summed E-state index contributed by atoms with van der Waals surface area (Å²) in [6, 6.07) is 8.21. The minimum atomic E-state index is -0.772. The van der Waals surface area contributed by atoms with Crippen molar-refractivity contribution in [3.63, 3.8) is 0 Å². The topological polar surface area (TPSA) is 119 Å². The number of carbonyl (C=O) groups is 1. The number of hydrogen-bond donors (Lipinski definition) is 2. The Morgan fingerprint density at radius 3 is 2.72 bits per heavy atom. The summed E-state index contributed by atoms with van der Waals surface area (Å²) >= 11 is 6.39. The van der Waals surface area contributed by atoms with Crippen LogP contribution in [0, 0.1) is 17.7 Å². The fourth-order valence-electron chi connectivity index (χ4n) is 6.33. The second kappa shape index (κ2) is 11.7. The molecule has 43 heavy (non-hydrogen) atoms. The van der Waals surface area contributed by atoms with E-state index in [4.69, 9.17) is 36.1 Å². The van der Waals surface area contributed by atoms with Crippen LogP contribution in [0.1, 0.15) is 56.2 Å². The molecular weight excluding hydrogens is 575 g/mol. The highest BCUT2D eigenvalue weighted by molar-refractivity contribution is 6.30. The molecular formula is C30H32ClFN8O3. The molecule has 0 bridgehead atoms. The minimum Gasteiger partial charge on any atom is -0.377 e. The van der Waals surface area contributed by atoms with Gasteiger partial charge in [-0.25, -0.2) is 19.2 Å². The molecule has 7 rings (SSSR count). The molecule has 3 aromatic heterocycles. The molecule has 1 saturated carbocycles. The van der Waals surface area contributed by atoms with Gasteiger partial charge in [-0.05, 0) is 36.8 Å². The first-order chi connectivity index (χ1) is 20.9. The molecule has 1 aliphatic carbocycles. The van der Waals surface area contributed by atoms with Crippen molar-refractivity contribution in [3.05, 3.63) is 65.0 Å². The van der Waals surface area contributed by atoms with Gasteiger partial charge in [-0.2, -0.15) is 4.98 Å². The van der Waals surface area contributed by atoms with E-state index in [2.05, 4.69) is 32.2 Å². The quantitative estimate of drug-likeness (QED) is 0.300. The van der Waals surface area contributed by atoms with Crippen LogP contribution in [0.25, 0.3) is 22.4 Å². The number of imidazole rings is 1. The number of anilines is 1. The molecule has 224 valence electrons. The predicted molar refractivity (Wildman–Crippen MR) is 157 cm³/mol. The molecule has 2 atom stereocenters. The van der Waals surface area contributed by atoms with E-state index < -0.39 is 12.3 Å². The number of benzene rings is 1. The maximum atomic E-state index is 15.2. The molecule has 2 aliphatic heterocycles. The number of rotatable bonds is 6. The molecule has 2 saturated heterocycles. The molecule has 1 aromatic carbocycles.